The first-order valence-electron chi connectivity index (χ1n) is 11.8. The number of aromatic nitrogens is 3. The van der Waals surface area contributed by atoms with Crippen LogP contribution in [0.1, 0.15) is 22.3 Å². The van der Waals surface area contributed by atoms with Crippen LogP contribution in [0.25, 0.3) is 0 Å². The van der Waals surface area contributed by atoms with E-state index in [2.05, 4.69) is 35.0 Å². The molecule has 0 bridgehead atoms. The van der Waals surface area contributed by atoms with Crippen molar-refractivity contribution in [2.45, 2.75) is 58.2 Å². The second-order valence-corrected chi connectivity index (χ2v) is 15.7. The molecule has 2 aromatic heterocycles. The van der Waals surface area contributed by atoms with Crippen molar-refractivity contribution in [1.82, 2.24) is 14.8 Å². The molecule has 192 valence electrons. The minimum absolute atomic E-state index is 0.210. The monoisotopic (exact) mass is 517 g/mol. The molecule has 1 N–H and O–H groups in total. The zero-order chi connectivity index (χ0) is 25.9. The third kappa shape index (κ3) is 6.32. The van der Waals surface area contributed by atoms with E-state index >= 15 is 0 Å². The van der Waals surface area contributed by atoms with Crippen LogP contribution in [0.5, 0.6) is 0 Å². The first-order valence-corrected chi connectivity index (χ1v) is 15.5. The van der Waals surface area contributed by atoms with E-state index in [9.17, 15) is 18.0 Å². The van der Waals surface area contributed by atoms with Crippen LogP contribution >= 0.6 is 0 Å². The predicted molar refractivity (Wildman–Crippen MR) is 135 cm³/mol. The van der Waals surface area contributed by atoms with Crippen molar-refractivity contribution in [1.29, 1.82) is 0 Å². The van der Waals surface area contributed by atoms with E-state index < -0.39 is 25.4 Å². The Bertz CT molecular complexity index is 1260. The molecular formula is C25H30F3N5O2Si. The van der Waals surface area contributed by atoms with Gasteiger partial charge in [-0.2, -0.15) is 18.3 Å². The number of rotatable bonds is 9. The Balaban J connectivity index is 1.50. The molecular weight excluding hydrogens is 487 g/mol. The van der Waals surface area contributed by atoms with Crippen LogP contribution < -0.4 is 15.8 Å². The van der Waals surface area contributed by atoms with Crippen LogP contribution in [0, 0.1) is 0 Å². The summed E-state index contributed by atoms with van der Waals surface area (Å²) in [4.78, 5) is 18.3. The number of hydrogen-bond donors (Lipinski definition) is 1. The van der Waals surface area contributed by atoms with Gasteiger partial charge in [-0.15, -0.1) is 0 Å². The molecule has 7 nitrogen and oxygen atoms in total. The molecule has 0 fully saturated rings. The highest BCUT2D eigenvalue weighted by molar-refractivity contribution is 6.76. The molecule has 36 heavy (non-hydrogen) atoms. The van der Waals surface area contributed by atoms with E-state index in [1.165, 1.54) is 0 Å². The van der Waals surface area contributed by atoms with Gasteiger partial charge in [0.15, 0.2) is 0 Å². The zero-order valence-corrected chi connectivity index (χ0v) is 21.6. The average Bonchev–Trinajstić information content (AvgIpc) is 3.23. The van der Waals surface area contributed by atoms with Gasteiger partial charge in [0, 0.05) is 52.4 Å². The molecule has 3 heterocycles. The summed E-state index contributed by atoms with van der Waals surface area (Å²) in [6.07, 6.45) is -0.293. The van der Waals surface area contributed by atoms with E-state index in [0.717, 1.165) is 39.3 Å². The maximum atomic E-state index is 14.0. The van der Waals surface area contributed by atoms with Crippen molar-refractivity contribution in [3.8, 4) is 0 Å². The summed E-state index contributed by atoms with van der Waals surface area (Å²) < 4.78 is 48.3. The van der Waals surface area contributed by atoms with Crippen molar-refractivity contribution in [2.24, 2.45) is 0 Å². The minimum atomic E-state index is -4.82. The Kier molecular flexibility index (Phi) is 7.50. The number of fused-ring (bicyclic) bond motifs is 1. The van der Waals surface area contributed by atoms with Crippen LogP contribution in [0.2, 0.25) is 25.7 Å². The maximum absolute atomic E-state index is 14.0. The van der Waals surface area contributed by atoms with Crippen LogP contribution in [0.3, 0.4) is 0 Å². The molecule has 0 radical (unpaired) electrons. The van der Waals surface area contributed by atoms with Crippen molar-refractivity contribution in [3.05, 3.63) is 81.5 Å². The van der Waals surface area contributed by atoms with Crippen LogP contribution in [0.4, 0.5) is 24.5 Å². The SMILES string of the molecule is C[Si](C)(C)CCOCn1ncc(N2Cc3ccc(CNc4ccncc4)cc3C2)c(C(F)(F)F)c1=O. The smallest absolute Gasteiger partial charge is 0.381 e. The van der Waals surface area contributed by atoms with Gasteiger partial charge in [0.2, 0.25) is 0 Å². The van der Waals surface area contributed by atoms with Gasteiger partial charge in [-0.25, -0.2) is 4.68 Å². The normalized spacial score (nSPS) is 13.7. The highest BCUT2D eigenvalue weighted by Gasteiger charge is 2.40. The van der Waals surface area contributed by atoms with Gasteiger partial charge in [0.05, 0.1) is 11.9 Å². The van der Waals surface area contributed by atoms with Gasteiger partial charge in [0.25, 0.3) is 5.56 Å². The van der Waals surface area contributed by atoms with Crippen molar-refractivity contribution in [3.63, 3.8) is 0 Å². The average molecular weight is 518 g/mol. The molecule has 1 aromatic carbocycles. The maximum Gasteiger partial charge on any atom is 0.423 e. The van der Waals surface area contributed by atoms with Crippen molar-refractivity contribution in [2.75, 3.05) is 16.8 Å². The highest BCUT2D eigenvalue weighted by atomic mass is 28.3. The fourth-order valence-corrected chi connectivity index (χ4v) is 4.77. The molecule has 1 aliphatic rings. The molecule has 0 spiro atoms. The summed E-state index contributed by atoms with van der Waals surface area (Å²) in [5.74, 6) is 0. The second kappa shape index (κ2) is 10.4. The lowest BCUT2D eigenvalue weighted by atomic mass is 10.1. The molecule has 4 rings (SSSR count). The Morgan fingerprint density at radius 2 is 1.81 bits per heavy atom. The van der Waals surface area contributed by atoms with Gasteiger partial charge >= 0.3 is 6.18 Å². The Hall–Kier alpha value is -3.18. The lowest BCUT2D eigenvalue weighted by molar-refractivity contribution is -0.138. The quantitative estimate of drug-likeness (QED) is 0.315. The summed E-state index contributed by atoms with van der Waals surface area (Å²) in [5.41, 5.74) is 1.18. The summed E-state index contributed by atoms with van der Waals surface area (Å²) in [5, 5.41) is 7.31. The van der Waals surface area contributed by atoms with E-state index in [-0.39, 0.29) is 25.5 Å². The van der Waals surface area contributed by atoms with Crippen LogP contribution in [-0.2, 0) is 37.3 Å². The topological polar surface area (TPSA) is 72.3 Å². The number of nitrogens with zero attached hydrogens (tertiary/aromatic N) is 4. The lowest BCUT2D eigenvalue weighted by Gasteiger charge is -2.22. The standard InChI is InChI=1S/C25H30F3N5O2Si/c1-36(2,3)11-10-35-17-33-24(34)23(25(26,27)28)22(14-31-33)32-15-19-5-4-18(12-20(19)16-32)13-30-21-6-8-29-9-7-21/h4-9,12,14H,10-11,13,15-17H2,1-3H3,(H,29,30). The third-order valence-corrected chi connectivity index (χ3v) is 7.73. The molecule has 0 saturated heterocycles. The molecule has 0 atom stereocenters. The lowest BCUT2D eigenvalue weighted by Crippen LogP contribution is -2.34. The Labute approximate surface area is 208 Å². The van der Waals surface area contributed by atoms with E-state index in [1.807, 2.05) is 30.3 Å². The number of pyridine rings is 1. The van der Waals surface area contributed by atoms with Gasteiger partial charge in [-0.05, 0) is 34.9 Å². The summed E-state index contributed by atoms with van der Waals surface area (Å²) in [6.45, 7) is 7.70. The molecule has 1 aliphatic heterocycles. The first kappa shape index (κ1) is 25.9. The molecule has 0 amide bonds. The molecule has 0 aliphatic carbocycles. The van der Waals surface area contributed by atoms with E-state index in [1.54, 1.807) is 17.3 Å². The number of halogens is 3. The second-order valence-electron chi connectivity index (χ2n) is 10.1. The van der Waals surface area contributed by atoms with Crippen molar-refractivity contribution < 1.29 is 17.9 Å². The summed E-state index contributed by atoms with van der Waals surface area (Å²) >= 11 is 0. The largest absolute Gasteiger partial charge is 0.423 e. The van der Waals surface area contributed by atoms with E-state index in [0.29, 0.717) is 13.2 Å². The zero-order valence-electron chi connectivity index (χ0n) is 20.6. The van der Waals surface area contributed by atoms with Crippen LogP contribution in [0.15, 0.2) is 53.7 Å². The van der Waals surface area contributed by atoms with Crippen molar-refractivity contribution >= 4 is 19.4 Å². The van der Waals surface area contributed by atoms with Crippen LogP contribution in [-0.4, -0.2) is 29.4 Å². The number of ether oxygens (including phenoxy) is 1. The molecule has 11 heteroatoms. The number of benzene rings is 1. The first-order chi connectivity index (χ1) is 17.0. The van der Waals surface area contributed by atoms with Gasteiger partial charge < -0.3 is 15.0 Å². The molecule has 0 unspecified atom stereocenters. The summed E-state index contributed by atoms with van der Waals surface area (Å²) in [7, 11) is -1.36. The van der Waals surface area contributed by atoms with Gasteiger partial charge in [-0.3, -0.25) is 9.78 Å². The molecule has 3 aromatic rings. The highest BCUT2D eigenvalue weighted by Crippen LogP contribution is 2.37. The minimum Gasteiger partial charge on any atom is -0.381 e. The Morgan fingerprint density at radius 1 is 1.08 bits per heavy atom. The fraction of sp³-hybridized carbons (Fsp3) is 0.400. The number of hydrogen-bond acceptors (Lipinski definition) is 6. The van der Waals surface area contributed by atoms with E-state index in [4.69, 9.17) is 4.74 Å². The van der Waals surface area contributed by atoms with Gasteiger partial charge in [-0.1, -0.05) is 37.8 Å². The predicted octanol–water partition coefficient (Wildman–Crippen LogP) is 5.10. The Morgan fingerprint density at radius 3 is 2.50 bits per heavy atom. The number of anilines is 2. The number of nitrogens with one attached hydrogen (secondary N) is 1. The summed E-state index contributed by atoms with van der Waals surface area (Å²) in [6, 6.07) is 10.4. The molecule has 0 saturated carbocycles. The third-order valence-electron chi connectivity index (χ3n) is 6.03. The fourth-order valence-electron chi connectivity index (χ4n) is 4.01. The van der Waals surface area contributed by atoms with Gasteiger partial charge in [0.1, 0.15) is 12.3 Å². The number of alkyl halides is 3.